The van der Waals surface area contributed by atoms with Crippen LogP contribution >= 0.6 is 7.37 Å². The van der Waals surface area contributed by atoms with Crippen LogP contribution in [0, 0.1) is 0 Å². The molecule has 0 aromatic rings. The fourth-order valence-corrected chi connectivity index (χ4v) is 0.936. The molecule has 0 amide bonds. The van der Waals surface area contributed by atoms with Crippen LogP contribution in [-0.2, 0) is 14.1 Å². The number of hydrogen-bond donors (Lipinski definition) is 1. The minimum atomic E-state index is -2.85. The largest absolute Gasteiger partial charge is 0.386 e. The number of aliphatic hydroxyl groups is 1. The van der Waals surface area contributed by atoms with E-state index in [1.165, 1.54) is 7.11 Å². The lowest BCUT2D eigenvalue weighted by Gasteiger charge is -2.09. The zero-order valence-electron chi connectivity index (χ0n) is 5.53. The van der Waals surface area contributed by atoms with Crippen molar-refractivity contribution in [2.24, 2.45) is 0 Å². The van der Waals surface area contributed by atoms with Crippen LogP contribution in [-0.4, -0.2) is 24.7 Å². The minimum Gasteiger partial charge on any atom is -0.386 e. The highest BCUT2D eigenvalue weighted by molar-refractivity contribution is 7.58. The maximum absolute atomic E-state index is 11.0. The Labute approximate surface area is 54.2 Å². The summed E-state index contributed by atoms with van der Waals surface area (Å²) in [7, 11) is -1.59. The SMILES string of the molecule is CCP(=O)(CO)OOC. The Balaban J connectivity index is 3.78. The van der Waals surface area contributed by atoms with Crippen LogP contribution in [0.3, 0.4) is 0 Å². The van der Waals surface area contributed by atoms with Crippen molar-refractivity contribution in [1.82, 2.24) is 0 Å². The summed E-state index contributed by atoms with van der Waals surface area (Å²) in [6.07, 6.45) is -0.172. The fraction of sp³-hybridized carbons (Fsp3) is 1.00. The highest BCUT2D eigenvalue weighted by Gasteiger charge is 2.19. The monoisotopic (exact) mass is 154 g/mol. The second-order valence-corrected chi connectivity index (χ2v) is 4.21. The Kier molecular flexibility index (Phi) is 4.06. The molecule has 4 nitrogen and oxygen atoms in total. The number of rotatable bonds is 4. The third-order valence-electron chi connectivity index (χ3n) is 0.908. The van der Waals surface area contributed by atoms with Crippen molar-refractivity contribution < 1.29 is 19.2 Å². The van der Waals surface area contributed by atoms with E-state index in [-0.39, 0.29) is 6.16 Å². The number of hydrogen-bond acceptors (Lipinski definition) is 4. The van der Waals surface area contributed by atoms with Crippen molar-refractivity contribution >= 4 is 7.37 Å². The van der Waals surface area contributed by atoms with Crippen LogP contribution in [0.1, 0.15) is 6.92 Å². The summed E-state index contributed by atoms with van der Waals surface area (Å²) in [5.41, 5.74) is 0. The van der Waals surface area contributed by atoms with Gasteiger partial charge in [0.2, 0.25) is 0 Å². The third-order valence-corrected chi connectivity index (χ3v) is 2.72. The van der Waals surface area contributed by atoms with E-state index in [0.717, 1.165) is 0 Å². The normalized spacial score (nSPS) is 17.2. The molecule has 5 heteroatoms. The second-order valence-electron chi connectivity index (χ2n) is 1.51. The maximum Gasteiger partial charge on any atom is 0.259 e. The Morgan fingerprint density at radius 2 is 2.22 bits per heavy atom. The molecule has 0 rings (SSSR count). The molecular formula is C4H11O4P. The van der Waals surface area contributed by atoms with Gasteiger partial charge in [0.1, 0.15) is 6.35 Å². The molecule has 0 saturated carbocycles. The van der Waals surface area contributed by atoms with Crippen molar-refractivity contribution in [3.8, 4) is 0 Å². The van der Waals surface area contributed by atoms with E-state index in [2.05, 4.69) is 9.56 Å². The first-order chi connectivity index (χ1) is 4.18. The summed E-state index contributed by atoms with van der Waals surface area (Å²) in [5, 5.41) is 8.45. The molecule has 0 aromatic carbocycles. The molecule has 0 saturated heterocycles. The van der Waals surface area contributed by atoms with Gasteiger partial charge in [0.05, 0.1) is 7.11 Å². The molecule has 0 aliphatic heterocycles. The van der Waals surface area contributed by atoms with Crippen molar-refractivity contribution in [3.05, 3.63) is 0 Å². The molecule has 0 radical (unpaired) electrons. The van der Waals surface area contributed by atoms with Crippen LogP contribution in [0.4, 0.5) is 0 Å². The van der Waals surface area contributed by atoms with Crippen LogP contribution < -0.4 is 0 Å². The lowest BCUT2D eigenvalue weighted by atomic mass is 11.0. The molecule has 0 aliphatic carbocycles. The van der Waals surface area contributed by atoms with Gasteiger partial charge in [-0.15, -0.1) is 0 Å². The molecule has 1 unspecified atom stereocenters. The van der Waals surface area contributed by atoms with Gasteiger partial charge >= 0.3 is 0 Å². The summed E-state index contributed by atoms with van der Waals surface area (Å²) in [5.74, 6) is 0. The Morgan fingerprint density at radius 3 is 2.33 bits per heavy atom. The summed E-state index contributed by atoms with van der Waals surface area (Å²) >= 11 is 0. The molecule has 56 valence electrons. The standard InChI is InChI=1S/C4H11O4P/c1-3-9(6,4-5)8-7-2/h5H,3-4H2,1-2H3. The van der Waals surface area contributed by atoms with Gasteiger partial charge in [0, 0.05) is 6.16 Å². The van der Waals surface area contributed by atoms with Gasteiger partial charge in [-0.05, 0) is 0 Å². The number of aliphatic hydroxyl groups excluding tert-OH is 1. The van der Waals surface area contributed by atoms with Gasteiger partial charge in [-0.2, -0.15) is 4.67 Å². The highest BCUT2D eigenvalue weighted by Crippen LogP contribution is 2.44. The molecular weight excluding hydrogens is 143 g/mol. The molecule has 0 fully saturated rings. The Hall–Kier alpha value is 0.110. The van der Waals surface area contributed by atoms with Gasteiger partial charge in [0.25, 0.3) is 7.37 Å². The summed E-state index contributed by atoms with van der Waals surface area (Å²) in [4.78, 5) is 4.17. The van der Waals surface area contributed by atoms with Gasteiger partial charge in [-0.3, -0.25) is 4.57 Å². The lowest BCUT2D eigenvalue weighted by molar-refractivity contribution is -0.178. The molecule has 9 heavy (non-hydrogen) atoms. The first-order valence-corrected chi connectivity index (χ1v) is 4.59. The van der Waals surface area contributed by atoms with Crippen LogP contribution in [0.15, 0.2) is 0 Å². The average molecular weight is 154 g/mol. The minimum absolute atomic E-state index is 0.289. The van der Waals surface area contributed by atoms with Crippen LogP contribution in [0.5, 0.6) is 0 Å². The zero-order chi connectivity index (χ0) is 7.33. The van der Waals surface area contributed by atoms with Crippen molar-refractivity contribution in [3.63, 3.8) is 0 Å². The first kappa shape index (κ1) is 9.11. The lowest BCUT2D eigenvalue weighted by Crippen LogP contribution is -1.95. The summed E-state index contributed by atoms with van der Waals surface area (Å²) < 4.78 is 15.3. The molecule has 0 heterocycles. The average Bonchev–Trinajstić information content (AvgIpc) is 1.89. The fourth-order valence-electron chi connectivity index (χ4n) is 0.312. The molecule has 1 N–H and O–H groups in total. The van der Waals surface area contributed by atoms with Crippen LogP contribution in [0.2, 0.25) is 0 Å². The van der Waals surface area contributed by atoms with E-state index >= 15 is 0 Å². The Bertz CT molecular complexity index is 105. The van der Waals surface area contributed by atoms with Gasteiger partial charge in [-0.1, -0.05) is 6.92 Å². The smallest absolute Gasteiger partial charge is 0.259 e. The molecule has 1 atom stereocenters. The van der Waals surface area contributed by atoms with Crippen molar-refractivity contribution in [2.45, 2.75) is 6.92 Å². The molecule has 0 spiro atoms. The summed E-state index contributed by atoms with van der Waals surface area (Å²) in [6.45, 7) is 1.66. The molecule has 0 bridgehead atoms. The van der Waals surface area contributed by atoms with Crippen molar-refractivity contribution in [1.29, 1.82) is 0 Å². The van der Waals surface area contributed by atoms with E-state index in [4.69, 9.17) is 5.11 Å². The highest BCUT2D eigenvalue weighted by atomic mass is 31.2. The maximum atomic E-state index is 11.0. The Morgan fingerprint density at radius 1 is 1.67 bits per heavy atom. The van der Waals surface area contributed by atoms with Gasteiger partial charge in [-0.25, -0.2) is 4.89 Å². The zero-order valence-corrected chi connectivity index (χ0v) is 6.43. The van der Waals surface area contributed by atoms with E-state index in [9.17, 15) is 4.57 Å². The first-order valence-electron chi connectivity index (χ1n) is 2.60. The summed E-state index contributed by atoms with van der Waals surface area (Å²) in [6, 6.07) is 0. The predicted molar refractivity (Wildman–Crippen MR) is 33.3 cm³/mol. The van der Waals surface area contributed by atoms with Gasteiger partial charge in [0.15, 0.2) is 0 Å². The topological polar surface area (TPSA) is 55.8 Å². The second kappa shape index (κ2) is 4.01. The van der Waals surface area contributed by atoms with Gasteiger partial charge < -0.3 is 5.11 Å². The van der Waals surface area contributed by atoms with Crippen molar-refractivity contribution in [2.75, 3.05) is 19.6 Å². The quantitative estimate of drug-likeness (QED) is 0.370. The predicted octanol–water partition coefficient (Wildman–Crippen LogP) is 0.812. The van der Waals surface area contributed by atoms with E-state index in [1.54, 1.807) is 6.92 Å². The molecule has 0 aromatic heterocycles. The van der Waals surface area contributed by atoms with E-state index < -0.39 is 13.7 Å². The third kappa shape index (κ3) is 2.96. The van der Waals surface area contributed by atoms with Crippen LogP contribution in [0.25, 0.3) is 0 Å². The van der Waals surface area contributed by atoms with E-state index in [0.29, 0.717) is 0 Å². The molecule has 0 aliphatic rings. The van der Waals surface area contributed by atoms with E-state index in [1.807, 2.05) is 0 Å².